The molecule has 2 rings (SSSR count). The number of hydrogen-bond donors (Lipinski definition) is 1. The van der Waals surface area contributed by atoms with Gasteiger partial charge in [-0.05, 0) is 54.7 Å². The van der Waals surface area contributed by atoms with Crippen molar-refractivity contribution in [2.45, 2.75) is 27.7 Å². The summed E-state index contributed by atoms with van der Waals surface area (Å²) >= 11 is 0. The van der Waals surface area contributed by atoms with Crippen molar-refractivity contribution < 1.29 is 9.53 Å². The van der Waals surface area contributed by atoms with Crippen LogP contribution in [0.1, 0.15) is 30.5 Å². The van der Waals surface area contributed by atoms with Crippen molar-refractivity contribution in [1.29, 1.82) is 5.26 Å². The van der Waals surface area contributed by atoms with Crippen molar-refractivity contribution in [3.63, 3.8) is 0 Å². The zero-order chi connectivity index (χ0) is 19.1. The number of para-hydroxylation sites is 1. The van der Waals surface area contributed by atoms with Crippen molar-refractivity contribution in [2.24, 2.45) is 5.92 Å². The zero-order valence-corrected chi connectivity index (χ0v) is 15.7. The van der Waals surface area contributed by atoms with Gasteiger partial charge in [-0.15, -0.1) is 0 Å². The summed E-state index contributed by atoms with van der Waals surface area (Å²) < 4.78 is 5.64. The fraction of sp³-hybridized carbons (Fsp3) is 0.273. The van der Waals surface area contributed by atoms with Gasteiger partial charge in [0.25, 0.3) is 5.91 Å². The number of carbonyl (C=O) groups excluding carboxylic acids is 1. The maximum atomic E-state index is 12.5. The molecule has 0 aliphatic heterocycles. The first-order chi connectivity index (χ1) is 12.4. The summed E-state index contributed by atoms with van der Waals surface area (Å²) in [5, 5.41) is 12.2. The standard InChI is InChI=1S/C22H24N2O2/c1-15(2)14-26-20-10-8-18(9-11-20)12-19(13-23)22(25)24-21-16(3)6-5-7-17(21)4/h5-12,15H,14H2,1-4H3,(H,24,25)/b19-12+. The Bertz CT molecular complexity index is 823. The summed E-state index contributed by atoms with van der Waals surface area (Å²) in [4.78, 5) is 12.5. The molecule has 0 saturated carbocycles. The highest BCUT2D eigenvalue weighted by molar-refractivity contribution is 6.10. The number of hydrogen-bond acceptors (Lipinski definition) is 3. The third-order valence-electron chi connectivity index (χ3n) is 3.86. The molecule has 0 fully saturated rings. The third-order valence-corrected chi connectivity index (χ3v) is 3.86. The summed E-state index contributed by atoms with van der Waals surface area (Å²) in [6.45, 7) is 8.68. The highest BCUT2D eigenvalue weighted by Crippen LogP contribution is 2.21. The average molecular weight is 348 g/mol. The highest BCUT2D eigenvalue weighted by Gasteiger charge is 2.12. The van der Waals surface area contributed by atoms with Gasteiger partial charge in [0, 0.05) is 5.69 Å². The molecule has 4 heteroatoms. The Labute approximate surface area is 155 Å². The van der Waals surface area contributed by atoms with Gasteiger partial charge in [-0.3, -0.25) is 4.79 Å². The third kappa shape index (κ3) is 5.22. The van der Waals surface area contributed by atoms with Crippen LogP contribution < -0.4 is 10.1 Å². The molecule has 0 unspecified atom stereocenters. The first-order valence-corrected chi connectivity index (χ1v) is 8.63. The monoisotopic (exact) mass is 348 g/mol. The molecule has 0 heterocycles. The molecule has 0 atom stereocenters. The van der Waals surface area contributed by atoms with Crippen LogP contribution in [0.4, 0.5) is 5.69 Å². The Morgan fingerprint density at radius 3 is 2.31 bits per heavy atom. The zero-order valence-electron chi connectivity index (χ0n) is 15.7. The molecule has 0 aliphatic rings. The van der Waals surface area contributed by atoms with Crippen molar-refractivity contribution >= 4 is 17.7 Å². The van der Waals surface area contributed by atoms with Crippen LogP contribution in [-0.2, 0) is 4.79 Å². The lowest BCUT2D eigenvalue weighted by atomic mass is 10.1. The molecule has 0 aromatic heterocycles. The Kier molecular flexibility index (Phi) is 6.57. The number of anilines is 1. The molecule has 0 aliphatic carbocycles. The second-order valence-corrected chi connectivity index (χ2v) is 6.66. The number of nitrogens with one attached hydrogen (secondary N) is 1. The van der Waals surface area contributed by atoms with Crippen LogP contribution in [0.3, 0.4) is 0 Å². The lowest BCUT2D eigenvalue weighted by Crippen LogP contribution is -2.15. The van der Waals surface area contributed by atoms with E-state index in [9.17, 15) is 10.1 Å². The molecule has 2 aromatic rings. The SMILES string of the molecule is Cc1cccc(C)c1NC(=O)/C(C#N)=C/c1ccc(OCC(C)C)cc1. The molecule has 0 radical (unpaired) electrons. The normalized spacial score (nSPS) is 11.2. The molecule has 0 spiro atoms. The topological polar surface area (TPSA) is 62.1 Å². The van der Waals surface area contributed by atoms with Crippen LogP contribution in [0.2, 0.25) is 0 Å². The van der Waals surface area contributed by atoms with E-state index in [1.165, 1.54) is 0 Å². The Morgan fingerprint density at radius 2 is 1.77 bits per heavy atom. The quantitative estimate of drug-likeness (QED) is 0.597. The number of aryl methyl sites for hydroxylation is 2. The minimum Gasteiger partial charge on any atom is -0.493 e. The van der Waals surface area contributed by atoms with E-state index in [-0.39, 0.29) is 5.57 Å². The molecule has 4 nitrogen and oxygen atoms in total. The smallest absolute Gasteiger partial charge is 0.266 e. The molecular weight excluding hydrogens is 324 g/mol. The summed E-state index contributed by atoms with van der Waals surface area (Å²) in [6.07, 6.45) is 1.58. The fourth-order valence-corrected chi connectivity index (χ4v) is 2.43. The lowest BCUT2D eigenvalue weighted by molar-refractivity contribution is -0.112. The molecule has 134 valence electrons. The van der Waals surface area contributed by atoms with E-state index in [0.29, 0.717) is 12.5 Å². The van der Waals surface area contributed by atoms with Gasteiger partial charge in [0.1, 0.15) is 17.4 Å². The van der Waals surface area contributed by atoms with Crippen LogP contribution in [0.25, 0.3) is 6.08 Å². The highest BCUT2D eigenvalue weighted by atomic mass is 16.5. The van der Waals surface area contributed by atoms with Gasteiger partial charge in [-0.25, -0.2) is 0 Å². The average Bonchev–Trinajstić information content (AvgIpc) is 2.62. The predicted molar refractivity (Wildman–Crippen MR) is 105 cm³/mol. The molecule has 0 bridgehead atoms. The number of ether oxygens (including phenoxy) is 1. The van der Waals surface area contributed by atoms with Crippen LogP contribution in [0.15, 0.2) is 48.0 Å². The Balaban J connectivity index is 2.14. The van der Waals surface area contributed by atoms with Crippen molar-refractivity contribution in [3.05, 3.63) is 64.7 Å². The first kappa shape index (κ1) is 19.3. The molecule has 1 N–H and O–H groups in total. The molecule has 0 saturated heterocycles. The summed E-state index contributed by atoms with van der Waals surface area (Å²) in [5.41, 5.74) is 3.50. The van der Waals surface area contributed by atoms with E-state index >= 15 is 0 Å². The summed E-state index contributed by atoms with van der Waals surface area (Å²) in [5.74, 6) is 0.813. The fourth-order valence-electron chi connectivity index (χ4n) is 2.43. The van der Waals surface area contributed by atoms with Gasteiger partial charge in [0.05, 0.1) is 6.61 Å². The second-order valence-electron chi connectivity index (χ2n) is 6.66. The van der Waals surface area contributed by atoms with E-state index < -0.39 is 5.91 Å². The van der Waals surface area contributed by atoms with Gasteiger partial charge in [-0.1, -0.05) is 44.2 Å². The molecule has 1 amide bonds. The van der Waals surface area contributed by atoms with Gasteiger partial charge < -0.3 is 10.1 Å². The van der Waals surface area contributed by atoms with Crippen LogP contribution >= 0.6 is 0 Å². The van der Waals surface area contributed by atoms with Gasteiger partial charge in [-0.2, -0.15) is 5.26 Å². The number of carbonyl (C=O) groups is 1. The van der Waals surface area contributed by atoms with Crippen LogP contribution in [0.5, 0.6) is 5.75 Å². The van der Waals surface area contributed by atoms with Crippen molar-refractivity contribution in [3.8, 4) is 11.8 Å². The van der Waals surface area contributed by atoms with Gasteiger partial charge in [0.15, 0.2) is 0 Å². The molecule has 26 heavy (non-hydrogen) atoms. The maximum Gasteiger partial charge on any atom is 0.266 e. The van der Waals surface area contributed by atoms with E-state index in [1.807, 2.05) is 62.4 Å². The number of benzene rings is 2. The summed E-state index contributed by atoms with van der Waals surface area (Å²) in [7, 11) is 0. The van der Waals surface area contributed by atoms with Gasteiger partial charge in [0.2, 0.25) is 0 Å². The number of amides is 1. The number of nitriles is 1. The van der Waals surface area contributed by atoms with Crippen LogP contribution in [-0.4, -0.2) is 12.5 Å². The van der Waals surface area contributed by atoms with E-state index in [0.717, 1.165) is 28.1 Å². The summed E-state index contributed by atoms with van der Waals surface area (Å²) in [6, 6.07) is 15.1. The molecule has 2 aromatic carbocycles. The van der Waals surface area contributed by atoms with Crippen molar-refractivity contribution in [1.82, 2.24) is 0 Å². The maximum absolute atomic E-state index is 12.5. The van der Waals surface area contributed by atoms with E-state index in [1.54, 1.807) is 6.08 Å². The second kappa shape index (κ2) is 8.87. The first-order valence-electron chi connectivity index (χ1n) is 8.63. The van der Waals surface area contributed by atoms with E-state index in [2.05, 4.69) is 19.2 Å². The van der Waals surface area contributed by atoms with Crippen LogP contribution in [0, 0.1) is 31.1 Å². The number of nitrogens with zero attached hydrogens (tertiary/aromatic N) is 1. The Morgan fingerprint density at radius 1 is 1.15 bits per heavy atom. The lowest BCUT2D eigenvalue weighted by Gasteiger charge is -2.11. The minimum atomic E-state index is -0.412. The van der Waals surface area contributed by atoms with Gasteiger partial charge >= 0.3 is 0 Å². The largest absolute Gasteiger partial charge is 0.493 e. The number of rotatable bonds is 6. The molecular formula is C22H24N2O2. The van der Waals surface area contributed by atoms with Crippen molar-refractivity contribution in [2.75, 3.05) is 11.9 Å². The minimum absolute atomic E-state index is 0.0588. The Hall–Kier alpha value is -3.06. The predicted octanol–water partition coefficient (Wildman–Crippen LogP) is 4.88. The van der Waals surface area contributed by atoms with E-state index in [4.69, 9.17) is 4.74 Å².